The number of hydrogen-bond donors (Lipinski definition) is 3. The number of nitrogens with two attached hydrogens (primary N) is 1. The normalized spacial score (nSPS) is 27.1. The van der Waals surface area contributed by atoms with Gasteiger partial charge in [-0.2, -0.15) is 0 Å². The maximum absolute atomic E-state index is 13.1. The molecule has 0 bridgehead atoms. The van der Waals surface area contributed by atoms with Gasteiger partial charge in [-0.25, -0.2) is 4.39 Å². The molecule has 1 saturated carbocycles. The Morgan fingerprint density at radius 3 is 3.00 bits per heavy atom. The predicted octanol–water partition coefficient (Wildman–Crippen LogP) is 1.88. The fourth-order valence-electron chi connectivity index (χ4n) is 2.94. The molecule has 2 rings (SSSR count). The van der Waals surface area contributed by atoms with E-state index in [1.54, 1.807) is 6.07 Å². The maximum atomic E-state index is 13.1. The average Bonchev–Trinajstić information content (AvgIpc) is 2.44. The Balaban J connectivity index is 1.91. The summed E-state index contributed by atoms with van der Waals surface area (Å²) in [4.78, 5) is 12.2. The molecule has 3 atom stereocenters. The lowest BCUT2D eigenvalue weighted by atomic mass is 9.74. The average molecular weight is 294 g/mol. The van der Waals surface area contributed by atoms with Crippen molar-refractivity contribution in [2.24, 2.45) is 11.7 Å². The molecule has 116 valence electrons. The minimum Gasteiger partial charge on any atom is -0.387 e. The molecule has 1 aromatic carbocycles. The quantitative estimate of drug-likeness (QED) is 0.793. The highest BCUT2D eigenvalue weighted by molar-refractivity contribution is 5.80. The van der Waals surface area contributed by atoms with Crippen molar-refractivity contribution in [3.63, 3.8) is 0 Å². The molecular weight excluding hydrogens is 271 g/mol. The molecule has 4 N–H and O–H groups in total. The first kappa shape index (κ1) is 15.9. The molecule has 0 radical (unpaired) electrons. The first-order valence-corrected chi connectivity index (χ1v) is 7.40. The highest BCUT2D eigenvalue weighted by atomic mass is 19.1. The summed E-state index contributed by atoms with van der Waals surface area (Å²) >= 11 is 0. The van der Waals surface area contributed by atoms with E-state index in [1.165, 1.54) is 18.2 Å². The van der Waals surface area contributed by atoms with E-state index in [0.29, 0.717) is 5.56 Å². The third-order valence-electron chi connectivity index (χ3n) is 4.27. The molecule has 0 heterocycles. The fraction of sp³-hybridized carbons (Fsp3) is 0.562. The molecule has 1 fully saturated rings. The molecule has 4 nitrogen and oxygen atoms in total. The summed E-state index contributed by atoms with van der Waals surface area (Å²) < 4.78 is 13.1. The van der Waals surface area contributed by atoms with Crippen LogP contribution in [0.1, 0.15) is 44.3 Å². The molecule has 0 aromatic heterocycles. The molecule has 0 spiro atoms. The molecule has 3 unspecified atom stereocenters. The number of benzene rings is 1. The number of halogens is 1. The molecule has 1 amide bonds. The van der Waals surface area contributed by atoms with Crippen LogP contribution in [0.15, 0.2) is 24.3 Å². The van der Waals surface area contributed by atoms with Crippen molar-refractivity contribution in [2.75, 3.05) is 6.54 Å². The van der Waals surface area contributed by atoms with Gasteiger partial charge in [0.15, 0.2) is 0 Å². The number of aliphatic hydroxyl groups excluding tert-OH is 1. The zero-order valence-electron chi connectivity index (χ0n) is 12.3. The molecule has 21 heavy (non-hydrogen) atoms. The Labute approximate surface area is 124 Å². The van der Waals surface area contributed by atoms with Gasteiger partial charge in [0, 0.05) is 12.1 Å². The van der Waals surface area contributed by atoms with Gasteiger partial charge < -0.3 is 16.2 Å². The van der Waals surface area contributed by atoms with E-state index in [4.69, 9.17) is 5.73 Å². The molecule has 1 aliphatic carbocycles. The summed E-state index contributed by atoms with van der Waals surface area (Å²) in [6.07, 6.45) is 2.73. The lowest BCUT2D eigenvalue weighted by Gasteiger charge is -2.37. The number of carbonyl (C=O) groups excluding carboxylic acids is 1. The molecule has 0 saturated heterocycles. The maximum Gasteiger partial charge on any atom is 0.225 e. The van der Waals surface area contributed by atoms with Gasteiger partial charge in [0.05, 0.1) is 12.0 Å². The van der Waals surface area contributed by atoms with E-state index in [0.717, 1.165) is 25.7 Å². The second-order valence-corrected chi connectivity index (χ2v) is 6.12. The van der Waals surface area contributed by atoms with Crippen molar-refractivity contribution >= 4 is 5.91 Å². The van der Waals surface area contributed by atoms with Crippen LogP contribution < -0.4 is 11.1 Å². The monoisotopic (exact) mass is 294 g/mol. The first-order valence-electron chi connectivity index (χ1n) is 7.40. The Morgan fingerprint density at radius 2 is 2.33 bits per heavy atom. The predicted molar refractivity (Wildman–Crippen MR) is 78.9 cm³/mol. The van der Waals surface area contributed by atoms with E-state index >= 15 is 0 Å². The van der Waals surface area contributed by atoms with Crippen molar-refractivity contribution < 1.29 is 14.3 Å². The summed E-state index contributed by atoms with van der Waals surface area (Å²) in [6, 6.07) is 5.75. The van der Waals surface area contributed by atoms with E-state index in [2.05, 4.69) is 5.32 Å². The van der Waals surface area contributed by atoms with Gasteiger partial charge >= 0.3 is 0 Å². The molecule has 1 aromatic rings. The second-order valence-electron chi connectivity index (χ2n) is 6.12. The van der Waals surface area contributed by atoms with Crippen LogP contribution in [0.5, 0.6) is 0 Å². The summed E-state index contributed by atoms with van der Waals surface area (Å²) in [6.45, 7) is 1.97. The number of amides is 1. The lowest BCUT2D eigenvalue weighted by molar-refractivity contribution is -0.128. The van der Waals surface area contributed by atoms with Crippen molar-refractivity contribution in [1.82, 2.24) is 5.32 Å². The fourth-order valence-corrected chi connectivity index (χ4v) is 2.94. The van der Waals surface area contributed by atoms with Gasteiger partial charge in [0.2, 0.25) is 5.91 Å². The largest absolute Gasteiger partial charge is 0.387 e. The molecule has 0 aliphatic heterocycles. The molecular formula is C16H23FN2O2. The van der Waals surface area contributed by atoms with Crippen molar-refractivity contribution in [2.45, 2.75) is 44.2 Å². The van der Waals surface area contributed by atoms with Gasteiger partial charge in [0.1, 0.15) is 5.82 Å². The third-order valence-corrected chi connectivity index (χ3v) is 4.27. The van der Waals surface area contributed by atoms with Gasteiger partial charge in [0.25, 0.3) is 0 Å². The van der Waals surface area contributed by atoms with Gasteiger partial charge in [-0.1, -0.05) is 25.0 Å². The van der Waals surface area contributed by atoms with Crippen molar-refractivity contribution in [3.05, 3.63) is 35.6 Å². The first-order chi connectivity index (χ1) is 9.90. The number of aliphatic hydroxyl groups is 1. The Hall–Kier alpha value is -1.46. The number of nitrogens with one attached hydrogen (secondary N) is 1. The van der Waals surface area contributed by atoms with Gasteiger partial charge in [-0.3, -0.25) is 4.79 Å². The number of carbonyl (C=O) groups is 1. The smallest absolute Gasteiger partial charge is 0.225 e. The third kappa shape index (κ3) is 4.02. The zero-order chi connectivity index (χ0) is 15.5. The SMILES string of the molecule is CC1(N)CCCCC1C(=O)NCC(O)c1cccc(F)c1. The van der Waals surface area contributed by atoms with Crippen LogP contribution in [0.3, 0.4) is 0 Å². The van der Waals surface area contributed by atoms with Crippen LogP contribution in [0.4, 0.5) is 4.39 Å². The minimum atomic E-state index is -0.919. The summed E-state index contributed by atoms with van der Waals surface area (Å²) in [7, 11) is 0. The van der Waals surface area contributed by atoms with Gasteiger partial charge in [-0.15, -0.1) is 0 Å². The van der Waals surface area contributed by atoms with Crippen molar-refractivity contribution in [3.8, 4) is 0 Å². The zero-order valence-corrected chi connectivity index (χ0v) is 12.3. The minimum absolute atomic E-state index is 0.0644. The highest BCUT2D eigenvalue weighted by Gasteiger charge is 2.37. The second kappa shape index (κ2) is 6.54. The van der Waals surface area contributed by atoms with Crippen LogP contribution in [0.25, 0.3) is 0 Å². The van der Waals surface area contributed by atoms with E-state index < -0.39 is 17.5 Å². The lowest BCUT2D eigenvalue weighted by Crippen LogP contribution is -2.53. The van der Waals surface area contributed by atoms with Crippen LogP contribution >= 0.6 is 0 Å². The molecule has 1 aliphatic rings. The number of hydrogen-bond acceptors (Lipinski definition) is 3. The summed E-state index contributed by atoms with van der Waals surface area (Å²) in [5.74, 6) is -0.763. The van der Waals surface area contributed by atoms with Crippen LogP contribution in [-0.4, -0.2) is 23.1 Å². The summed E-state index contributed by atoms with van der Waals surface area (Å²) in [5, 5.41) is 12.7. The Morgan fingerprint density at radius 1 is 1.57 bits per heavy atom. The van der Waals surface area contributed by atoms with Crippen molar-refractivity contribution in [1.29, 1.82) is 0 Å². The highest BCUT2D eigenvalue weighted by Crippen LogP contribution is 2.31. The van der Waals surface area contributed by atoms with Crippen LogP contribution in [0, 0.1) is 11.7 Å². The Kier molecular flexibility index (Phi) is 4.96. The van der Waals surface area contributed by atoms with Gasteiger partial charge in [-0.05, 0) is 37.5 Å². The Bertz CT molecular complexity index is 505. The standard InChI is InChI=1S/C16H23FN2O2/c1-16(18)8-3-2-7-13(16)15(21)19-10-14(20)11-5-4-6-12(17)9-11/h4-6,9,13-14,20H,2-3,7-8,10,18H2,1H3,(H,19,21). The molecule has 5 heteroatoms. The van der Waals surface area contributed by atoms with Crippen LogP contribution in [0.2, 0.25) is 0 Å². The van der Waals surface area contributed by atoms with E-state index in [9.17, 15) is 14.3 Å². The van der Waals surface area contributed by atoms with E-state index in [1.807, 2.05) is 6.92 Å². The summed E-state index contributed by atoms with van der Waals surface area (Å²) in [5.41, 5.74) is 6.15. The number of rotatable bonds is 4. The topological polar surface area (TPSA) is 75.4 Å². The van der Waals surface area contributed by atoms with Crippen LogP contribution in [-0.2, 0) is 4.79 Å². The van der Waals surface area contributed by atoms with E-state index in [-0.39, 0.29) is 18.4 Å².